The van der Waals surface area contributed by atoms with Gasteiger partial charge in [-0.25, -0.2) is 0 Å². The highest BCUT2D eigenvalue weighted by molar-refractivity contribution is 5.45. The SMILES string of the molecule is Cc1cccc([N+](=O)[O-])c1CC(O)C1CC1. The van der Waals surface area contributed by atoms with Crippen LogP contribution in [0, 0.1) is 23.0 Å². The van der Waals surface area contributed by atoms with Crippen LogP contribution in [0.2, 0.25) is 0 Å². The van der Waals surface area contributed by atoms with Gasteiger partial charge >= 0.3 is 0 Å². The number of hydrogen-bond acceptors (Lipinski definition) is 3. The van der Waals surface area contributed by atoms with E-state index >= 15 is 0 Å². The Balaban J connectivity index is 2.26. The fourth-order valence-corrected chi connectivity index (χ4v) is 1.98. The molecular formula is C12H15NO3. The van der Waals surface area contributed by atoms with Crippen LogP contribution in [0.1, 0.15) is 24.0 Å². The number of nitro groups is 1. The number of aliphatic hydroxyl groups excluding tert-OH is 1. The molecule has 1 aromatic carbocycles. The fourth-order valence-electron chi connectivity index (χ4n) is 1.98. The highest BCUT2D eigenvalue weighted by Gasteiger charge is 2.31. The van der Waals surface area contributed by atoms with Crippen molar-refractivity contribution in [3.05, 3.63) is 39.4 Å². The molecule has 1 saturated carbocycles. The Hall–Kier alpha value is -1.42. The Labute approximate surface area is 94.1 Å². The number of benzene rings is 1. The molecule has 0 saturated heterocycles. The van der Waals surface area contributed by atoms with Crippen LogP contribution in [0.5, 0.6) is 0 Å². The van der Waals surface area contributed by atoms with Gasteiger partial charge < -0.3 is 5.11 Å². The van der Waals surface area contributed by atoms with E-state index in [9.17, 15) is 15.2 Å². The summed E-state index contributed by atoms with van der Waals surface area (Å²) in [6.45, 7) is 1.85. The van der Waals surface area contributed by atoms with E-state index in [-0.39, 0.29) is 10.6 Å². The molecule has 0 spiro atoms. The fraction of sp³-hybridized carbons (Fsp3) is 0.500. The Kier molecular flexibility index (Phi) is 2.92. The lowest BCUT2D eigenvalue weighted by Crippen LogP contribution is -2.14. The molecule has 1 aromatic rings. The van der Waals surface area contributed by atoms with Crippen LogP contribution in [0.25, 0.3) is 0 Å². The van der Waals surface area contributed by atoms with E-state index in [4.69, 9.17) is 0 Å². The smallest absolute Gasteiger partial charge is 0.272 e. The molecule has 1 unspecified atom stereocenters. The van der Waals surface area contributed by atoms with Crippen LogP contribution >= 0.6 is 0 Å². The molecule has 0 bridgehead atoms. The zero-order valence-electron chi connectivity index (χ0n) is 9.22. The molecule has 0 amide bonds. The second kappa shape index (κ2) is 4.22. The summed E-state index contributed by atoms with van der Waals surface area (Å²) in [6.07, 6.45) is 2.05. The first-order valence-electron chi connectivity index (χ1n) is 5.50. The summed E-state index contributed by atoms with van der Waals surface area (Å²) in [5.74, 6) is 0.346. The zero-order valence-corrected chi connectivity index (χ0v) is 9.22. The first kappa shape index (κ1) is 11.1. The third kappa shape index (κ3) is 2.22. The van der Waals surface area contributed by atoms with Gasteiger partial charge in [-0.1, -0.05) is 12.1 Å². The van der Waals surface area contributed by atoms with Crippen molar-refractivity contribution in [2.75, 3.05) is 0 Å². The zero-order chi connectivity index (χ0) is 11.7. The molecule has 2 rings (SSSR count). The van der Waals surface area contributed by atoms with Crippen molar-refractivity contribution in [3.8, 4) is 0 Å². The summed E-state index contributed by atoms with van der Waals surface area (Å²) < 4.78 is 0. The molecule has 1 fully saturated rings. The van der Waals surface area contributed by atoms with Gasteiger partial charge in [-0.2, -0.15) is 0 Å². The van der Waals surface area contributed by atoms with Crippen molar-refractivity contribution in [1.29, 1.82) is 0 Å². The van der Waals surface area contributed by atoms with Crippen molar-refractivity contribution in [3.63, 3.8) is 0 Å². The van der Waals surface area contributed by atoms with E-state index in [0.29, 0.717) is 17.9 Å². The van der Waals surface area contributed by atoms with Crippen LogP contribution in [-0.2, 0) is 6.42 Å². The van der Waals surface area contributed by atoms with Crippen LogP contribution in [-0.4, -0.2) is 16.1 Å². The van der Waals surface area contributed by atoms with Crippen LogP contribution in [0.15, 0.2) is 18.2 Å². The molecule has 0 aromatic heterocycles. The third-order valence-electron chi connectivity index (χ3n) is 3.16. The highest BCUT2D eigenvalue weighted by Crippen LogP contribution is 2.35. The molecular weight excluding hydrogens is 206 g/mol. The second-order valence-corrected chi connectivity index (χ2v) is 4.44. The number of rotatable bonds is 4. The molecule has 0 radical (unpaired) electrons. The van der Waals surface area contributed by atoms with Gasteiger partial charge in [0.25, 0.3) is 5.69 Å². The summed E-state index contributed by atoms with van der Waals surface area (Å²) in [6, 6.07) is 5.03. The minimum atomic E-state index is -0.431. The van der Waals surface area contributed by atoms with Crippen molar-refractivity contribution in [2.45, 2.75) is 32.3 Å². The topological polar surface area (TPSA) is 63.4 Å². The molecule has 0 heterocycles. The Morgan fingerprint density at radius 2 is 2.25 bits per heavy atom. The first-order chi connectivity index (χ1) is 7.59. The second-order valence-electron chi connectivity index (χ2n) is 4.44. The minimum absolute atomic E-state index is 0.125. The van der Waals surface area contributed by atoms with Gasteiger partial charge in [-0.3, -0.25) is 10.1 Å². The largest absolute Gasteiger partial charge is 0.392 e. The molecule has 4 nitrogen and oxygen atoms in total. The van der Waals surface area contributed by atoms with Crippen LogP contribution in [0.4, 0.5) is 5.69 Å². The van der Waals surface area contributed by atoms with Gasteiger partial charge in [-0.05, 0) is 31.2 Å². The van der Waals surface area contributed by atoms with Gasteiger partial charge in [0.1, 0.15) is 0 Å². The average molecular weight is 221 g/mol. The molecule has 16 heavy (non-hydrogen) atoms. The minimum Gasteiger partial charge on any atom is -0.392 e. The quantitative estimate of drug-likeness (QED) is 0.626. The summed E-state index contributed by atoms with van der Waals surface area (Å²) in [5.41, 5.74) is 1.68. The molecule has 1 atom stereocenters. The maximum atomic E-state index is 10.9. The number of nitro benzene ring substituents is 1. The summed E-state index contributed by atoms with van der Waals surface area (Å²) in [4.78, 5) is 10.5. The van der Waals surface area contributed by atoms with Crippen LogP contribution < -0.4 is 0 Å². The van der Waals surface area contributed by atoms with Crippen molar-refractivity contribution < 1.29 is 10.0 Å². The molecule has 0 aliphatic heterocycles. The lowest BCUT2D eigenvalue weighted by Gasteiger charge is -2.11. The molecule has 1 N–H and O–H groups in total. The molecule has 1 aliphatic carbocycles. The lowest BCUT2D eigenvalue weighted by atomic mass is 9.98. The normalized spacial score (nSPS) is 17.1. The van der Waals surface area contributed by atoms with E-state index in [0.717, 1.165) is 18.4 Å². The van der Waals surface area contributed by atoms with Crippen molar-refractivity contribution in [1.82, 2.24) is 0 Å². The lowest BCUT2D eigenvalue weighted by molar-refractivity contribution is -0.385. The summed E-state index contributed by atoms with van der Waals surface area (Å²) in [5, 5.41) is 20.7. The highest BCUT2D eigenvalue weighted by atomic mass is 16.6. The Morgan fingerprint density at radius 3 is 2.81 bits per heavy atom. The maximum Gasteiger partial charge on any atom is 0.272 e. The van der Waals surface area contributed by atoms with Crippen molar-refractivity contribution in [2.24, 2.45) is 5.92 Å². The summed E-state index contributed by atoms with van der Waals surface area (Å²) >= 11 is 0. The van der Waals surface area contributed by atoms with E-state index < -0.39 is 6.10 Å². The van der Waals surface area contributed by atoms with Gasteiger partial charge in [0, 0.05) is 18.1 Å². The van der Waals surface area contributed by atoms with E-state index in [2.05, 4.69) is 0 Å². The number of aliphatic hydroxyl groups is 1. The molecule has 1 aliphatic rings. The Morgan fingerprint density at radius 1 is 1.56 bits per heavy atom. The van der Waals surface area contributed by atoms with Crippen LogP contribution in [0.3, 0.4) is 0 Å². The van der Waals surface area contributed by atoms with E-state index in [1.807, 2.05) is 13.0 Å². The molecule has 4 heteroatoms. The van der Waals surface area contributed by atoms with Gasteiger partial charge in [-0.15, -0.1) is 0 Å². The predicted octanol–water partition coefficient (Wildman–Crippen LogP) is 2.22. The number of aryl methyl sites for hydroxylation is 1. The van der Waals surface area contributed by atoms with E-state index in [1.165, 1.54) is 6.07 Å². The van der Waals surface area contributed by atoms with Gasteiger partial charge in [0.2, 0.25) is 0 Å². The van der Waals surface area contributed by atoms with Gasteiger partial charge in [0.15, 0.2) is 0 Å². The average Bonchev–Trinajstić information content (AvgIpc) is 3.03. The summed E-state index contributed by atoms with van der Waals surface area (Å²) in [7, 11) is 0. The van der Waals surface area contributed by atoms with Crippen molar-refractivity contribution >= 4 is 5.69 Å². The molecule has 86 valence electrons. The monoisotopic (exact) mass is 221 g/mol. The maximum absolute atomic E-state index is 10.9. The standard InChI is InChI=1S/C12H15NO3/c1-8-3-2-4-11(13(15)16)10(8)7-12(14)9-5-6-9/h2-4,9,12,14H,5-7H2,1H3. The third-order valence-corrected chi connectivity index (χ3v) is 3.16. The first-order valence-corrected chi connectivity index (χ1v) is 5.50. The number of hydrogen-bond donors (Lipinski definition) is 1. The van der Waals surface area contributed by atoms with Gasteiger partial charge in [0.05, 0.1) is 11.0 Å². The Bertz CT molecular complexity index is 413. The van der Waals surface area contributed by atoms with E-state index in [1.54, 1.807) is 6.07 Å². The number of nitrogens with zero attached hydrogens (tertiary/aromatic N) is 1. The predicted molar refractivity (Wildman–Crippen MR) is 60.3 cm³/mol.